The molecule has 1 aromatic heterocycles. The fraction of sp³-hybridized carbons (Fsp3) is 0.294. The van der Waals surface area contributed by atoms with Crippen molar-refractivity contribution >= 4 is 17.8 Å². The second-order valence-electron chi connectivity index (χ2n) is 6.02. The van der Waals surface area contributed by atoms with Gasteiger partial charge in [0, 0.05) is 18.7 Å². The Morgan fingerprint density at radius 2 is 1.93 bits per heavy atom. The average molecular weight is 382 g/mol. The molecular weight excluding hydrogens is 368 g/mol. The number of nitrogens with one attached hydrogen (secondary N) is 2. The normalized spacial score (nSPS) is 13.9. The number of benzene rings is 1. The number of anilines is 1. The summed E-state index contributed by atoms with van der Waals surface area (Å²) in [6.07, 6.45) is -1.96. The quantitative estimate of drug-likeness (QED) is 0.779. The lowest BCUT2D eigenvalue weighted by Gasteiger charge is -2.11. The maximum absolute atomic E-state index is 13.3. The molecule has 0 bridgehead atoms. The molecular formula is C17H14F4N4O2. The van der Waals surface area contributed by atoms with Crippen LogP contribution >= 0.6 is 0 Å². The van der Waals surface area contributed by atoms with Gasteiger partial charge in [0.2, 0.25) is 11.9 Å². The van der Waals surface area contributed by atoms with E-state index < -0.39 is 23.5 Å². The summed E-state index contributed by atoms with van der Waals surface area (Å²) in [6.45, 7) is -0.254. The molecule has 0 spiro atoms. The third-order valence-electron chi connectivity index (χ3n) is 3.86. The lowest BCUT2D eigenvalue weighted by Crippen LogP contribution is -2.25. The maximum Gasteiger partial charge on any atom is 0.419 e. The number of aromatic nitrogens is 2. The van der Waals surface area contributed by atoms with E-state index in [4.69, 9.17) is 0 Å². The highest BCUT2D eigenvalue weighted by Crippen LogP contribution is 2.32. The monoisotopic (exact) mass is 382 g/mol. The minimum absolute atomic E-state index is 0.0271. The number of rotatable bonds is 5. The molecule has 1 aliphatic rings. The van der Waals surface area contributed by atoms with E-state index in [1.54, 1.807) is 0 Å². The third-order valence-corrected chi connectivity index (χ3v) is 3.86. The van der Waals surface area contributed by atoms with Gasteiger partial charge in [-0.15, -0.1) is 0 Å². The van der Waals surface area contributed by atoms with Crippen LogP contribution in [0.1, 0.15) is 34.5 Å². The molecule has 1 aromatic carbocycles. The predicted molar refractivity (Wildman–Crippen MR) is 86.0 cm³/mol. The minimum Gasteiger partial charge on any atom is -0.347 e. The maximum atomic E-state index is 13.3. The van der Waals surface area contributed by atoms with Crippen molar-refractivity contribution in [3.63, 3.8) is 0 Å². The second-order valence-corrected chi connectivity index (χ2v) is 6.02. The zero-order chi connectivity index (χ0) is 19.6. The first-order valence-electron chi connectivity index (χ1n) is 8.02. The fourth-order valence-corrected chi connectivity index (χ4v) is 2.28. The van der Waals surface area contributed by atoms with Crippen LogP contribution in [-0.4, -0.2) is 21.8 Å². The van der Waals surface area contributed by atoms with Crippen LogP contribution in [0.25, 0.3) is 0 Å². The molecule has 0 aliphatic heterocycles. The molecule has 0 saturated heterocycles. The van der Waals surface area contributed by atoms with Gasteiger partial charge in [0.05, 0.1) is 5.56 Å². The Kier molecular flexibility index (Phi) is 5.06. The topological polar surface area (TPSA) is 84.0 Å². The summed E-state index contributed by atoms with van der Waals surface area (Å²) >= 11 is 0. The van der Waals surface area contributed by atoms with Gasteiger partial charge in [-0.1, -0.05) is 6.07 Å². The second kappa shape index (κ2) is 7.29. The molecule has 2 N–H and O–H groups in total. The Labute approximate surface area is 151 Å². The van der Waals surface area contributed by atoms with Gasteiger partial charge in [-0.2, -0.15) is 13.2 Å². The van der Waals surface area contributed by atoms with Crippen LogP contribution in [0, 0.1) is 11.7 Å². The van der Waals surface area contributed by atoms with Gasteiger partial charge in [-0.25, -0.2) is 14.4 Å². The Bertz CT molecular complexity index is 881. The van der Waals surface area contributed by atoms with Crippen LogP contribution < -0.4 is 10.6 Å². The van der Waals surface area contributed by atoms with Crippen molar-refractivity contribution in [1.82, 2.24) is 15.3 Å². The Balaban J connectivity index is 1.65. The summed E-state index contributed by atoms with van der Waals surface area (Å²) in [5.74, 6) is -2.37. The summed E-state index contributed by atoms with van der Waals surface area (Å²) in [4.78, 5) is 31.6. The molecule has 0 unspecified atom stereocenters. The fourth-order valence-electron chi connectivity index (χ4n) is 2.28. The SMILES string of the molecule is O=C(NCc1ccc(F)c(C(F)(F)F)c1)c1ccnc(NC(=O)C2CC2)n1. The molecule has 3 rings (SSSR count). The van der Waals surface area contributed by atoms with Crippen molar-refractivity contribution in [3.05, 3.63) is 53.1 Å². The summed E-state index contributed by atoms with van der Waals surface area (Å²) in [6, 6.07) is 3.78. The van der Waals surface area contributed by atoms with E-state index in [9.17, 15) is 27.2 Å². The van der Waals surface area contributed by atoms with Crippen LogP contribution in [-0.2, 0) is 17.5 Å². The molecule has 1 aliphatic carbocycles. The first-order chi connectivity index (χ1) is 12.7. The van der Waals surface area contributed by atoms with Crippen molar-refractivity contribution in [2.75, 3.05) is 5.32 Å². The lowest BCUT2D eigenvalue weighted by molar-refractivity contribution is -0.140. The largest absolute Gasteiger partial charge is 0.419 e. The highest BCUT2D eigenvalue weighted by molar-refractivity contribution is 5.94. The number of carbonyl (C=O) groups is 2. The summed E-state index contributed by atoms with van der Waals surface area (Å²) in [5.41, 5.74) is -1.39. The van der Waals surface area contributed by atoms with Gasteiger partial charge in [-0.05, 0) is 36.6 Å². The third kappa shape index (κ3) is 4.78. The van der Waals surface area contributed by atoms with Gasteiger partial charge in [0.1, 0.15) is 11.5 Å². The molecule has 1 heterocycles. The van der Waals surface area contributed by atoms with E-state index in [0.717, 1.165) is 18.9 Å². The summed E-state index contributed by atoms with van der Waals surface area (Å²) in [7, 11) is 0. The van der Waals surface area contributed by atoms with Crippen molar-refractivity contribution in [1.29, 1.82) is 0 Å². The van der Waals surface area contributed by atoms with E-state index in [0.29, 0.717) is 12.1 Å². The lowest BCUT2D eigenvalue weighted by atomic mass is 10.1. The smallest absolute Gasteiger partial charge is 0.347 e. The summed E-state index contributed by atoms with van der Waals surface area (Å²) in [5, 5.41) is 4.89. The van der Waals surface area contributed by atoms with Gasteiger partial charge >= 0.3 is 6.18 Å². The number of halogens is 4. The van der Waals surface area contributed by atoms with Gasteiger partial charge in [-0.3, -0.25) is 14.9 Å². The standard InChI is InChI=1S/C17H14F4N4O2/c18-12-4-1-9(7-11(12)17(19,20)21)8-23-15(27)13-5-6-22-16(24-13)25-14(26)10-2-3-10/h1,4-7,10H,2-3,8H2,(H,23,27)(H,22,24,25,26). The Morgan fingerprint density at radius 3 is 2.59 bits per heavy atom. The van der Waals surface area contributed by atoms with Crippen molar-refractivity contribution in [2.24, 2.45) is 5.92 Å². The van der Waals surface area contributed by atoms with E-state index in [2.05, 4.69) is 20.6 Å². The van der Waals surface area contributed by atoms with E-state index in [1.807, 2.05) is 0 Å². The van der Waals surface area contributed by atoms with Crippen LogP contribution in [0.5, 0.6) is 0 Å². The van der Waals surface area contributed by atoms with E-state index in [1.165, 1.54) is 12.3 Å². The molecule has 1 saturated carbocycles. The highest BCUT2D eigenvalue weighted by Gasteiger charge is 2.34. The number of carbonyl (C=O) groups excluding carboxylic acids is 2. The summed E-state index contributed by atoms with van der Waals surface area (Å²) < 4.78 is 51.5. The predicted octanol–water partition coefficient (Wildman–Crippen LogP) is 2.91. The zero-order valence-corrected chi connectivity index (χ0v) is 13.8. The zero-order valence-electron chi connectivity index (χ0n) is 13.8. The average Bonchev–Trinajstić information content (AvgIpc) is 3.45. The number of nitrogens with zero attached hydrogens (tertiary/aromatic N) is 2. The van der Waals surface area contributed by atoms with E-state index in [-0.39, 0.29) is 35.6 Å². The molecule has 10 heteroatoms. The Hall–Kier alpha value is -3.04. The molecule has 2 amide bonds. The molecule has 6 nitrogen and oxygen atoms in total. The number of hydrogen-bond donors (Lipinski definition) is 2. The minimum atomic E-state index is -4.83. The van der Waals surface area contributed by atoms with Gasteiger partial charge in [0.15, 0.2) is 0 Å². The van der Waals surface area contributed by atoms with Gasteiger partial charge < -0.3 is 5.32 Å². The van der Waals surface area contributed by atoms with Crippen LogP contribution in [0.15, 0.2) is 30.5 Å². The van der Waals surface area contributed by atoms with Crippen molar-refractivity contribution in [3.8, 4) is 0 Å². The Morgan fingerprint density at radius 1 is 1.19 bits per heavy atom. The number of hydrogen-bond acceptors (Lipinski definition) is 4. The van der Waals surface area contributed by atoms with Crippen molar-refractivity contribution < 1.29 is 27.2 Å². The first kappa shape index (κ1) is 18.7. The molecule has 1 fully saturated rings. The van der Waals surface area contributed by atoms with Crippen LogP contribution in [0.3, 0.4) is 0 Å². The number of amides is 2. The van der Waals surface area contributed by atoms with E-state index >= 15 is 0 Å². The van der Waals surface area contributed by atoms with Crippen molar-refractivity contribution in [2.45, 2.75) is 25.6 Å². The highest BCUT2D eigenvalue weighted by atomic mass is 19.4. The van der Waals surface area contributed by atoms with Crippen LogP contribution in [0.2, 0.25) is 0 Å². The van der Waals surface area contributed by atoms with Gasteiger partial charge in [0.25, 0.3) is 5.91 Å². The molecule has 2 aromatic rings. The number of alkyl halides is 3. The molecule has 142 valence electrons. The van der Waals surface area contributed by atoms with Crippen LogP contribution in [0.4, 0.5) is 23.5 Å². The first-order valence-corrected chi connectivity index (χ1v) is 8.02. The molecule has 0 radical (unpaired) electrons. The molecule has 0 atom stereocenters. The molecule has 27 heavy (non-hydrogen) atoms.